The van der Waals surface area contributed by atoms with E-state index in [0.717, 1.165) is 66.0 Å². The van der Waals surface area contributed by atoms with Crippen LogP contribution in [0.25, 0.3) is 16.9 Å². The summed E-state index contributed by atoms with van der Waals surface area (Å²) in [7, 11) is 0. The van der Waals surface area contributed by atoms with Crippen LogP contribution in [-0.4, -0.2) is 77.5 Å². The first-order chi connectivity index (χ1) is 16.1. The van der Waals surface area contributed by atoms with Crippen molar-refractivity contribution >= 4 is 34.0 Å². The van der Waals surface area contributed by atoms with Crippen molar-refractivity contribution < 1.29 is 4.79 Å². The molecule has 3 N–H and O–H groups in total. The summed E-state index contributed by atoms with van der Waals surface area (Å²) >= 11 is 1.41. The van der Waals surface area contributed by atoms with E-state index in [9.17, 15) is 4.79 Å². The summed E-state index contributed by atoms with van der Waals surface area (Å²) in [6.45, 7) is 8.43. The van der Waals surface area contributed by atoms with Crippen molar-refractivity contribution in [1.29, 1.82) is 0 Å². The fourth-order valence-corrected chi connectivity index (χ4v) is 4.62. The molecular weight excluding hydrogens is 440 g/mol. The number of imidazole rings is 1. The minimum atomic E-state index is 0.0178. The first-order valence-electron chi connectivity index (χ1n) is 10.9. The number of urea groups is 1. The molecule has 11 nitrogen and oxygen atoms in total. The topological polar surface area (TPSA) is 119 Å². The minimum absolute atomic E-state index is 0.0178. The molecule has 5 rings (SSSR count). The third-order valence-electron chi connectivity index (χ3n) is 5.58. The average molecular weight is 467 g/mol. The van der Waals surface area contributed by atoms with E-state index in [1.807, 2.05) is 41.7 Å². The number of amides is 2. The highest BCUT2D eigenvalue weighted by Crippen LogP contribution is 2.27. The van der Waals surface area contributed by atoms with Crippen LogP contribution in [0.1, 0.15) is 18.3 Å². The van der Waals surface area contributed by atoms with E-state index in [1.165, 1.54) is 11.5 Å². The van der Waals surface area contributed by atoms with Crippen LogP contribution in [0.4, 0.5) is 15.6 Å². The van der Waals surface area contributed by atoms with E-state index < -0.39 is 0 Å². The zero-order valence-electron chi connectivity index (χ0n) is 18.6. The molecule has 5 heterocycles. The maximum atomic E-state index is 12.0. The van der Waals surface area contributed by atoms with Crippen molar-refractivity contribution in [3.63, 3.8) is 0 Å². The van der Waals surface area contributed by atoms with Crippen LogP contribution < -0.4 is 10.6 Å². The second kappa shape index (κ2) is 9.16. The van der Waals surface area contributed by atoms with E-state index in [-0.39, 0.29) is 6.03 Å². The summed E-state index contributed by atoms with van der Waals surface area (Å²) in [6, 6.07) is 2.07. The molecule has 1 aliphatic heterocycles. The maximum absolute atomic E-state index is 12.0. The van der Waals surface area contributed by atoms with Crippen LogP contribution >= 0.6 is 11.5 Å². The maximum Gasteiger partial charge on any atom is 0.317 e. The molecular formula is C21H26N10OS. The minimum Gasteiger partial charge on any atom is -0.338 e. The summed E-state index contributed by atoms with van der Waals surface area (Å²) in [6.07, 6.45) is 7.41. The van der Waals surface area contributed by atoms with Gasteiger partial charge in [0.05, 0.1) is 29.5 Å². The number of carbonyl (C=O) groups excluding carboxylic acids is 1. The molecule has 1 fully saturated rings. The number of anilines is 2. The van der Waals surface area contributed by atoms with Crippen molar-refractivity contribution in [3.05, 3.63) is 42.2 Å². The molecule has 0 unspecified atom stereocenters. The Hall–Kier alpha value is -3.51. The number of nitrogens with one attached hydrogen (secondary N) is 3. The van der Waals surface area contributed by atoms with Crippen LogP contribution in [0, 0.1) is 6.92 Å². The number of aromatic amines is 1. The fourth-order valence-electron chi connectivity index (χ4n) is 3.96. The molecule has 0 aliphatic carbocycles. The van der Waals surface area contributed by atoms with E-state index in [1.54, 1.807) is 6.20 Å². The van der Waals surface area contributed by atoms with Crippen LogP contribution in [0.5, 0.6) is 0 Å². The van der Waals surface area contributed by atoms with Gasteiger partial charge in [-0.05, 0) is 31.4 Å². The molecule has 33 heavy (non-hydrogen) atoms. The lowest BCUT2D eigenvalue weighted by molar-refractivity contribution is 0.135. The van der Waals surface area contributed by atoms with Gasteiger partial charge in [0, 0.05) is 57.2 Å². The van der Waals surface area contributed by atoms with Crippen molar-refractivity contribution in [2.24, 2.45) is 0 Å². The molecule has 0 spiro atoms. The Balaban J connectivity index is 1.27. The Kier molecular flexibility index (Phi) is 5.92. The molecule has 0 aromatic carbocycles. The molecule has 4 aromatic heterocycles. The van der Waals surface area contributed by atoms with E-state index in [4.69, 9.17) is 0 Å². The molecule has 0 atom stereocenters. The summed E-state index contributed by atoms with van der Waals surface area (Å²) in [5.74, 6) is 0.690. The van der Waals surface area contributed by atoms with Gasteiger partial charge in [0.1, 0.15) is 5.00 Å². The van der Waals surface area contributed by atoms with Gasteiger partial charge in [0.15, 0.2) is 11.5 Å². The zero-order valence-corrected chi connectivity index (χ0v) is 19.4. The second-order valence-corrected chi connectivity index (χ2v) is 8.77. The number of hydrogen-bond donors (Lipinski definition) is 3. The fraction of sp³-hybridized carbons (Fsp3) is 0.381. The number of aryl methyl sites for hydroxylation is 1. The van der Waals surface area contributed by atoms with Gasteiger partial charge in [0.2, 0.25) is 0 Å². The van der Waals surface area contributed by atoms with Gasteiger partial charge in [-0.2, -0.15) is 9.47 Å². The molecule has 172 valence electrons. The van der Waals surface area contributed by atoms with Crippen molar-refractivity contribution in [1.82, 2.24) is 44.1 Å². The number of fused-ring (bicyclic) bond motifs is 1. The highest BCUT2D eigenvalue weighted by Gasteiger charge is 2.21. The summed E-state index contributed by atoms with van der Waals surface area (Å²) in [4.78, 5) is 25.4. The number of aromatic nitrogens is 6. The summed E-state index contributed by atoms with van der Waals surface area (Å²) in [5.41, 5.74) is 4.53. The van der Waals surface area contributed by atoms with Gasteiger partial charge in [-0.3, -0.25) is 14.4 Å². The highest BCUT2D eigenvalue weighted by molar-refractivity contribution is 7.10. The molecule has 2 amide bonds. The smallest absolute Gasteiger partial charge is 0.317 e. The van der Waals surface area contributed by atoms with Crippen molar-refractivity contribution in [2.75, 3.05) is 38.0 Å². The summed E-state index contributed by atoms with van der Waals surface area (Å²) < 4.78 is 6.64. The third kappa shape index (κ3) is 4.52. The SMILES string of the molecule is CCNC(=O)N1CCN(Cc2cc(Nc3nc(C)cn4c(-c5cn[nH]c5)cnc34)sn2)CC1. The molecule has 0 bridgehead atoms. The van der Waals surface area contributed by atoms with Crippen LogP contribution in [0.15, 0.2) is 30.9 Å². The Morgan fingerprint density at radius 3 is 2.85 bits per heavy atom. The van der Waals surface area contributed by atoms with Crippen LogP contribution in [0.3, 0.4) is 0 Å². The van der Waals surface area contributed by atoms with Gasteiger partial charge in [-0.15, -0.1) is 0 Å². The molecule has 0 saturated carbocycles. The van der Waals surface area contributed by atoms with Gasteiger partial charge in [0.25, 0.3) is 0 Å². The monoisotopic (exact) mass is 466 g/mol. The first kappa shape index (κ1) is 21.3. The number of H-pyrrole nitrogens is 1. The Morgan fingerprint density at radius 1 is 1.24 bits per heavy atom. The largest absolute Gasteiger partial charge is 0.338 e. The molecule has 12 heteroatoms. The lowest BCUT2D eigenvalue weighted by atomic mass is 10.3. The van der Waals surface area contributed by atoms with E-state index in [0.29, 0.717) is 12.4 Å². The highest BCUT2D eigenvalue weighted by atomic mass is 32.1. The van der Waals surface area contributed by atoms with Gasteiger partial charge < -0.3 is 15.5 Å². The lowest BCUT2D eigenvalue weighted by Gasteiger charge is -2.34. The average Bonchev–Trinajstić information content (AvgIpc) is 3.55. The third-order valence-corrected chi connectivity index (χ3v) is 6.32. The zero-order chi connectivity index (χ0) is 22.8. The Bertz CT molecular complexity index is 1240. The quantitative estimate of drug-likeness (QED) is 0.399. The molecule has 1 saturated heterocycles. The number of piperazine rings is 1. The molecule has 4 aromatic rings. The van der Waals surface area contributed by atoms with Crippen molar-refractivity contribution in [3.8, 4) is 11.3 Å². The summed E-state index contributed by atoms with van der Waals surface area (Å²) in [5, 5.41) is 14.1. The van der Waals surface area contributed by atoms with E-state index >= 15 is 0 Å². The number of carbonyl (C=O) groups is 1. The number of hydrogen-bond acceptors (Lipinski definition) is 8. The van der Waals surface area contributed by atoms with Gasteiger partial charge >= 0.3 is 6.03 Å². The van der Waals surface area contributed by atoms with Gasteiger partial charge in [-0.1, -0.05) is 0 Å². The predicted octanol–water partition coefficient (Wildman–Crippen LogP) is 2.48. The first-order valence-corrected chi connectivity index (χ1v) is 11.7. The second-order valence-electron chi connectivity index (χ2n) is 7.96. The molecule has 0 radical (unpaired) electrons. The number of rotatable bonds is 6. The Morgan fingerprint density at radius 2 is 2.09 bits per heavy atom. The number of nitrogens with zero attached hydrogens (tertiary/aromatic N) is 7. The van der Waals surface area contributed by atoms with Gasteiger partial charge in [-0.25, -0.2) is 14.8 Å². The molecule has 1 aliphatic rings. The van der Waals surface area contributed by atoms with E-state index in [2.05, 4.69) is 46.1 Å². The van der Waals surface area contributed by atoms with Crippen LogP contribution in [0.2, 0.25) is 0 Å². The van der Waals surface area contributed by atoms with Crippen LogP contribution in [-0.2, 0) is 6.54 Å². The standard InChI is InChI=1S/C21H26N10OS/c1-3-22-21(32)30-6-4-29(5-7-30)13-16-8-18(33-28-16)27-19-20-23-11-17(15-9-24-25-10-15)31(20)12-14(2)26-19/h8-12H,3-7,13H2,1-2H3,(H,22,32)(H,24,25)(H,26,27). The predicted molar refractivity (Wildman–Crippen MR) is 127 cm³/mol. The normalized spacial score (nSPS) is 14.7. The Labute approximate surface area is 195 Å². The van der Waals surface area contributed by atoms with Crippen molar-refractivity contribution in [2.45, 2.75) is 20.4 Å². The lowest BCUT2D eigenvalue weighted by Crippen LogP contribution is -2.51.